The van der Waals surface area contributed by atoms with E-state index in [4.69, 9.17) is 16.3 Å². The number of nitrogens with one attached hydrogen (secondary N) is 1. The first-order valence-corrected chi connectivity index (χ1v) is 8.35. The number of anilines is 1. The van der Waals surface area contributed by atoms with Gasteiger partial charge >= 0.3 is 5.97 Å². The third kappa shape index (κ3) is 4.20. The Morgan fingerprint density at radius 1 is 1.32 bits per heavy atom. The average Bonchev–Trinajstić information content (AvgIpc) is 2.79. The first-order valence-electron chi connectivity index (χ1n) is 7.98. The van der Waals surface area contributed by atoms with E-state index in [-0.39, 0.29) is 16.6 Å². The molecular formula is C18H22ClN3O3. The number of rotatable bonds is 5. The van der Waals surface area contributed by atoms with Crippen molar-refractivity contribution in [2.24, 2.45) is 7.05 Å². The summed E-state index contributed by atoms with van der Waals surface area (Å²) in [7, 11) is 1.63. The minimum atomic E-state index is -0.667. The molecule has 0 bridgehead atoms. The number of para-hydroxylation sites is 1. The highest BCUT2D eigenvalue weighted by atomic mass is 35.5. The SMILES string of the molecule is Cc1cccc(C(C)C)c1NC(=O)COC(=O)c1c(C)nn(C)c1Cl. The monoisotopic (exact) mass is 363 g/mol. The van der Waals surface area contributed by atoms with Crippen LogP contribution in [0.15, 0.2) is 18.2 Å². The zero-order valence-electron chi connectivity index (χ0n) is 15.0. The number of amides is 1. The quantitative estimate of drug-likeness (QED) is 0.823. The smallest absolute Gasteiger partial charge is 0.343 e. The average molecular weight is 364 g/mol. The van der Waals surface area contributed by atoms with Crippen LogP contribution < -0.4 is 5.32 Å². The number of carbonyl (C=O) groups is 2. The van der Waals surface area contributed by atoms with Crippen LogP contribution in [0.4, 0.5) is 5.69 Å². The zero-order chi connectivity index (χ0) is 18.7. The molecular weight excluding hydrogens is 342 g/mol. The van der Waals surface area contributed by atoms with Crippen LogP contribution in [0.2, 0.25) is 5.15 Å². The van der Waals surface area contributed by atoms with Crippen molar-refractivity contribution in [3.05, 3.63) is 45.7 Å². The third-order valence-corrected chi connectivity index (χ3v) is 4.32. The van der Waals surface area contributed by atoms with E-state index in [1.54, 1.807) is 14.0 Å². The van der Waals surface area contributed by atoms with E-state index < -0.39 is 18.5 Å². The van der Waals surface area contributed by atoms with E-state index in [1.165, 1.54) is 4.68 Å². The molecule has 25 heavy (non-hydrogen) atoms. The Morgan fingerprint density at radius 2 is 2.00 bits per heavy atom. The molecule has 0 fully saturated rings. The largest absolute Gasteiger partial charge is 0.452 e. The Morgan fingerprint density at radius 3 is 2.56 bits per heavy atom. The molecule has 0 aliphatic heterocycles. The maximum atomic E-state index is 12.2. The number of aromatic nitrogens is 2. The highest BCUT2D eigenvalue weighted by Crippen LogP contribution is 2.27. The summed E-state index contributed by atoms with van der Waals surface area (Å²) in [6, 6.07) is 5.85. The van der Waals surface area contributed by atoms with Crippen molar-refractivity contribution >= 4 is 29.2 Å². The van der Waals surface area contributed by atoms with Crippen molar-refractivity contribution in [1.82, 2.24) is 9.78 Å². The number of esters is 1. The van der Waals surface area contributed by atoms with Crippen molar-refractivity contribution < 1.29 is 14.3 Å². The number of hydrogen-bond donors (Lipinski definition) is 1. The molecule has 1 aromatic heterocycles. The molecule has 0 unspecified atom stereocenters. The lowest BCUT2D eigenvalue weighted by Gasteiger charge is -2.16. The van der Waals surface area contributed by atoms with Gasteiger partial charge in [0.25, 0.3) is 5.91 Å². The number of nitrogens with zero attached hydrogens (tertiary/aromatic N) is 2. The molecule has 6 nitrogen and oxygen atoms in total. The summed E-state index contributed by atoms with van der Waals surface area (Å²) in [6.45, 7) is 7.29. The molecule has 0 saturated heterocycles. The first-order chi connectivity index (χ1) is 11.7. The number of halogens is 1. The molecule has 0 aliphatic carbocycles. The van der Waals surface area contributed by atoms with E-state index >= 15 is 0 Å². The number of hydrogen-bond acceptors (Lipinski definition) is 4. The van der Waals surface area contributed by atoms with Crippen molar-refractivity contribution in [2.75, 3.05) is 11.9 Å². The molecule has 1 amide bonds. The highest BCUT2D eigenvalue weighted by molar-refractivity contribution is 6.32. The minimum Gasteiger partial charge on any atom is -0.452 e. The minimum absolute atomic E-state index is 0.177. The van der Waals surface area contributed by atoms with Gasteiger partial charge in [-0.3, -0.25) is 9.48 Å². The second-order valence-electron chi connectivity index (χ2n) is 6.19. The van der Waals surface area contributed by atoms with E-state index in [2.05, 4.69) is 24.3 Å². The lowest BCUT2D eigenvalue weighted by atomic mass is 9.98. The molecule has 0 aliphatic rings. The Kier molecular flexibility index (Phi) is 5.85. The van der Waals surface area contributed by atoms with Gasteiger partial charge in [0.2, 0.25) is 0 Å². The highest BCUT2D eigenvalue weighted by Gasteiger charge is 2.21. The van der Waals surface area contributed by atoms with Gasteiger partial charge in [-0.05, 0) is 30.9 Å². The lowest BCUT2D eigenvalue weighted by Crippen LogP contribution is -2.22. The predicted octanol–water partition coefficient (Wildman–Crippen LogP) is 3.61. The van der Waals surface area contributed by atoms with Crippen molar-refractivity contribution in [3.8, 4) is 0 Å². The molecule has 0 saturated carbocycles. The summed E-state index contributed by atoms with van der Waals surface area (Å²) in [5.74, 6) is -0.809. The van der Waals surface area contributed by atoms with Crippen molar-refractivity contribution in [2.45, 2.75) is 33.6 Å². The fraction of sp³-hybridized carbons (Fsp3) is 0.389. The number of ether oxygens (including phenoxy) is 1. The van der Waals surface area contributed by atoms with Crippen LogP contribution in [0.5, 0.6) is 0 Å². The van der Waals surface area contributed by atoms with Gasteiger partial charge in [0.05, 0.1) is 5.69 Å². The summed E-state index contributed by atoms with van der Waals surface area (Å²) in [5.41, 5.74) is 3.38. The predicted molar refractivity (Wildman–Crippen MR) is 97.1 cm³/mol. The Hall–Kier alpha value is -2.34. The summed E-state index contributed by atoms with van der Waals surface area (Å²) < 4.78 is 6.47. The van der Waals surface area contributed by atoms with Gasteiger partial charge in [-0.1, -0.05) is 43.6 Å². The second-order valence-corrected chi connectivity index (χ2v) is 6.55. The Bertz CT molecular complexity index is 812. The van der Waals surface area contributed by atoms with E-state index in [9.17, 15) is 9.59 Å². The molecule has 2 rings (SSSR count). The van der Waals surface area contributed by atoms with Crippen LogP contribution >= 0.6 is 11.6 Å². The van der Waals surface area contributed by atoms with Crippen molar-refractivity contribution in [1.29, 1.82) is 0 Å². The molecule has 1 heterocycles. The van der Waals surface area contributed by atoms with Crippen LogP contribution in [-0.2, 0) is 16.6 Å². The van der Waals surface area contributed by atoms with Crippen LogP contribution in [0.3, 0.4) is 0 Å². The second kappa shape index (κ2) is 7.70. The maximum Gasteiger partial charge on any atom is 0.343 e. The summed E-state index contributed by atoms with van der Waals surface area (Å²) in [6.07, 6.45) is 0. The Labute approximate surface area is 152 Å². The summed E-state index contributed by atoms with van der Waals surface area (Å²) >= 11 is 6.03. The summed E-state index contributed by atoms with van der Waals surface area (Å²) in [4.78, 5) is 24.4. The topological polar surface area (TPSA) is 73.2 Å². The molecule has 2 aromatic rings. The van der Waals surface area contributed by atoms with Gasteiger partial charge < -0.3 is 10.1 Å². The van der Waals surface area contributed by atoms with Gasteiger partial charge in [0.15, 0.2) is 6.61 Å². The fourth-order valence-electron chi connectivity index (χ4n) is 2.58. The zero-order valence-corrected chi connectivity index (χ0v) is 15.8. The van der Waals surface area contributed by atoms with Crippen molar-refractivity contribution in [3.63, 3.8) is 0 Å². The van der Waals surface area contributed by atoms with Gasteiger partial charge in [-0.25, -0.2) is 4.79 Å². The number of benzene rings is 1. The van der Waals surface area contributed by atoms with Crippen LogP contribution in [0.25, 0.3) is 0 Å². The first kappa shape index (κ1) is 19.0. The molecule has 1 aromatic carbocycles. The van der Waals surface area contributed by atoms with E-state index in [0.29, 0.717) is 5.69 Å². The van der Waals surface area contributed by atoms with E-state index in [0.717, 1.165) is 16.8 Å². The number of aryl methyl sites for hydroxylation is 3. The Balaban J connectivity index is 2.06. The number of carbonyl (C=O) groups excluding carboxylic acids is 2. The van der Waals surface area contributed by atoms with Gasteiger partial charge in [0, 0.05) is 12.7 Å². The molecule has 0 radical (unpaired) electrons. The van der Waals surface area contributed by atoms with E-state index in [1.807, 2.05) is 25.1 Å². The van der Waals surface area contributed by atoms with Crippen LogP contribution in [0.1, 0.15) is 46.9 Å². The molecule has 0 atom stereocenters. The molecule has 1 N–H and O–H groups in total. The normalized spacial score (nSPS) is 10.8. The molecule has 7 heteroatoms. The van der Waals surface area contributed by atoms with Crippen LogP contribution in [-0.4, -0.2) is 28.3 Å². The summed E-state index contributed by atoms with van der Waals surface area (Å²) in [5, 5.41) is 7.07. The fourth-order valence-corrected chi connectivity index (χ4v) is 2.83. The van der Waals surface area contributed by atoms with Gasteiger partial charge in [-0.2, -0.15) is 5.10 Å². The molecule has 134 valence electrons. The molecule has 0 spiro atoms. The third-order valence-electron chi connectivity index (χ3n) is 3.88. The lowest BCUT2D eigenvalue weighted by molar-refractivity contribution is -0.119. The van der Waals surface area contributed by atoms with Gasteiger partial charge in [-0.15, -0.1) is 0 Å². The van der Waals surface area contributed by atoms with Gasteiger partial charge in [0.1, 0.15) is 10.7 Å². The van der Waals surface area contributed by atoms with Crippen LogP contribution in [0, 0.1) is 13.8 Å². The maximum absolute atomic E-state index is 12.2. The standard InChI is InChI=1S/C18H22ClN3O3/c1-10(2)13-8-6-7-11(3)16(13)20-14(23)9-25-18(24)15-12(4)21-22(5)17(15)19/h6-8,10H,9H2,1-5H3,(H,20,23).